The van der Waals surface area contributed by atoms with Crippen LogP contribution in [0.5, 0.6) is 0 Å². The molecule has 1 aliphatic carbocycles. The summed E-state index contributed by atoms with van der Waals surface area (Å²) in [5.41, 5.74) is 3.27. The summed E-state index contributed by atoms with van der Waals surface area (Å²) in [5.74, 6) is -2.99. The Balaban J connectivity index is 1.23. The Morgan fingerprint density at radius 2 is 1.88 bits per heavy atom. The van der Waals surface area contributed by atoms with Crippen molar-refractivity contribution in [3.05, 3.63) is 76.4 Å². The number of nitrogens with one attached hydrogen (secondary N) is 2. The molecule has 0 spiro atoms. The standard InChI is InChI=1S/C30H30F2N4O4S/c1-3-11-40-29(39)23-5-4-6-25-27(23)36-16-24(35-30(36)41-25)19-7-9-22(10-8-19)34-28(38)17(2)33-26(37)14-18-12-20(31)15-21(32)13-18/h7-10,12-13,15-17,23H,3-6,11,14H2,1-2H3,(H,33,37)(H,34,38)/t17-,23?/m0/s1. The van der Waals surface area contributed by atoms with E-state index in [9.17, 15) is 23.2 Å². The van der Waals surface area contributed by atoms with E-state index in [4.69, 9.17) is 9.72 Å². The number of ether oxygens (including phenoxy) is 1. The molecule has 0 saturated heterocycles. The van der Waals surface area contributed by atoms with Crippen molar-refractivity contribution >= 4 is 39.8 Å². The van der Waals surface area contributed by atoms with E-state index in [1.807, 2.05) is 29.7 Å². The van der Waals surface area contributed by atoms with Crippen LogP contribution >= 0.6 is 11.3 Å². The van der Waals surface area contributed by atoms with Gasteiger partial charge >= 0.3 is 5.97 Å². The molecule has 1 unspecified atom stereocenters. The minimum Gasteiger partial charge on any atom is -0.465 e. The van der Waals surface area contributed by atoms with Gasteiger partial charge in [-0.3, -0.25) is 18.8 Å². The summed E-state index contributed by atoms with van der Waals surface area (Å²) in [5, 5.41) is 5.30. The van der Waals surface area contributed by atoms with Crippen LogP contribution in [-0.4, -0.2) is 39.8 Å². The highest BCUT2D eigenvalue weighted by molar-refractivity contribution is 7.17. The Morgan fingerprint density at radius 3 is 2.59 bits per heavy atom. The molecule has 2 atom stereocenters. The van der Waals surface area contributed by atoms with Crippen molar-refractivity contribution in [2.24, 2.45) is 0 Å². The summed E-state index contributed by atoms with van der Waals surface area (Å²) < 4.78 is 34.2. The Kier molecular flexibility index (Phi) is 8.44. The second kappa shape index (κ2) is 12.2. The highest BCUT2D eigenvalue weighted by atomic mass is 32.1. The number of aryl methyl sites for hydroxylation is 1. The van der Waals surface area contributed by atoms with Gasteiger partial charge in [0, 0.05) is 28.4 Å². The number of esters is 1. The predicted octanol–water partition coefficient (Wildman–Crippen LogP) is 5.40. The van der Waals surface area contributed by atoms with Gasteiger partial charge in [0.25, 0.3) is 0 Å². The average molecular weight is 581 g/mol. The molecule has 0 bridgehead atoms. The highest BCUT2D eigenvalue weighted by Gasteiger charge is 2.32. The molecular weight excluding hydrogens is 550 g/mol. The highest BCUT2D eigenvalue weighted by Crippen LogP contribution is 2.39. The van der Waals surface area contributed by atoms with Crippen LogP contribution in [0.1, 0.15) is 55.2 Å². The SMILES string of the molecule is CCCOC(=O)C1CCCc2sc3nc(-c4ccc(NC(=O)[C@H](C)NC(=O)Cc5cc(F)cc(F)c5)cc4)cn3c21. The van der Waals surface area contributed by atoms with Gasteiger partial charge in [-0.15, -0.1) is 11.3 Å². The van der Waals surface area contributed by atoms with Gasteiger partial charge < -0.3 is 15.4 Å². The number of nitrogens with zero attached hydrogens (tertiary/aromatic N) is 2. The molecule has 214 valence electrons. The molecule has 4 aromatic rings. The monoisotopic (exact) mass is 580 g/mol. The fraction of sp³-hybridized carbons (Fsp3) is 0.333. The van der Waals surface area contributed by atoms with Crippen molar-refractivity contribution in [1.82, 2.24) is 14.7 Å². The Hall–Kier alpha value is -4.12. The van der Waals surface area contributed by atoms with Crippen molar-refractivity contribution in [1.29, 1.82) is 0 Å². The number of hydrogen-bond acceptors (Lipinski definition) is 6. The summed E-state index contributed by atoms with van der Waals surface area (Å²) in [6.07, 6.45) is 5.08. The molecule has 2 aromatic heterocycles. The third-order valence-corrected chi connectivity index (χ3v) is 8.03. The number of rotatable bonds is 9. The van der Waals surface area contributed by atoms with E-state index in [1.165, 1.54) is 11.8 Å². The van der Waals surface area contributed by atoms with Gasteiger partial charge in [-0.1, -0.05) is 19.1 Å². The number of carbonyl (C=O) groups is 3. The van der Waals surface area contributed by atoms with Gasteiger partial charge in [-0.25, -0.2) is 13.8 Å². The van der Waals surface area contributed by atoms with E-state index >= 15 is 0 Å². The fourth-order valence-electron chi connectivity index (χ4n) is 4.95. The van der Waals surface area contributed by atoms with Crippen LogP contribution in [0.3, 0.4) is 0 Å². The third kappa shape index (κ3) is 6.45. The lowest BCUT2D eigenvalue weighted by Gasteiger charge is -2.21. The second-order valence-electron chi connectivity index (χ2n) is 10.1. The molecule has 0 aliphatic heterocycles. The molecule has 8 nitrogen and oxygen atoms in total. The number of carbonyl (C=O) groups excluding carboxylic acids is 3. The quantitative estimate of drug-likeness (QED) is 0.258. The number of imidazole rings is 1. The lowest BCUT2D eigenvalue weighted by Crippen LogP contribution is -2.42. The first kappa shape index (κ1) is 28.4. The van der Waals surface area contributed by atoms with Crippen LogP contribution in [0.25, 0.3) is 16.2 Å². The van der Waals surface area contributed by atoms with Crippen LogP contribution in [0, 0.1) is 11.6 Å². The molecule has 0 radical (unpaired) electrons. The first-order valence-electron chi connectivity index (χ1n) is 13.5. The first-order valence-corrected chi connectivity index (χ1v) is 14.4. The number of halogens is 2. The van der Waals surface area contributed by atoms with Gasteiger partial charge in [0.1, 0.15) is 17.7 Å². The summed E-state index contributed by atoms with van der Waals surface area (Å²) in [6.45, 7) is 3.91. The lowest BCUT2D eigenvalue weighted by molar-refractivity contribution is -0.146. The number of thiazole rings is 1. The molecule has 1 aliphatic rings. The largest absolute Gasteiger partial charge is 0.465 e. The molecule has 2 amide bonds. The maximum absolute atomic E-state index is 13.4. The van der Waals surface area contributed by atoms with Crippen molar-refractivity contribution < 1.29 is 27.9 Å². The zero-order valence-corrected chi connectivity index (χ0v) is 23.5. The first-order chi connectivity index (χ1) is 19.7. The van der Waals surface area contributed by atoms with Crippen molar-refractivity contribution in [2.75, 3.05) is 11.9 Å². The number of hydrogen-bond donors (Lipinski definition) is 2. The van der Waals surface area contributed by atoms with Crippen molar-refractivity contribution in [3.63, 3.8) is 0 Å². The van der Waals surface area contributed by atoms with Crippen LogP contribution in [0.4, 0.5) is 14.5 Å². The molecule has 41 heavy (non-hydrogen) atoms. The van der Waals surface area contributed by atoms with Crippen molar-refractivity contribution in [2.45, 2.75) is 57.9 Å². The van der Waals surface area contributed by atoms with Crippen molar-refractivity contribution in [3.8, 4) is 11.3 Å². The number of benzene rings is 2. The molecule has 0 saturated carbocycles. The van der Waals surface area contributed by atoms with Gasteiger partial charge in [0.05, 0.1) is 30.3 Å². The van der Waals surface area contributed by atoms with E-state index in [1.54, 1.807) is 23.5 Å². The third-order valence-electron chi connectivity index (χ3n) is 6.90. The smallest absolute Gasteiger partial charge is 0.314 e. The number of amides is 2. The molecular formula is C30H30F2N4O4S. The maximum Gasteiger partial charge on any atom is 0.314 e. The number of anilines is 1. The van der Waals surface area contributed by atoms with E-state index in [0.717, 1.165) is 65.8 Å². The zero-order chi connectivity index (χ0) is 29.1. The summed E-state index contributed by atoms with van der Waals surface area (Å²) >= 11 is 1.60. The normalized spacial score (nSPS) is 15.3. The van der Waals surface area contributed by atoms with E-state index < -0.39 is 29.5 Å². The average Bonchev–Trinajstić information content (AvgIpc) is 3.49. The van der Waals surface area contributed by atoms with E-state index in [-0.39, 0.29) is 23.9 Å². The van der Waals surface area contributed by atoms with Crippen LogP contribution < -0.4 is 10.6 Å². The Morgan fingerprint density at radius 1 is 1.15 bits per heavy atom. The topological polar surface area (TPSA) is 102 Å². The molecule has 0 fully saturated rings. The Labute approximate surface area is 239 Å². The molecule has 11 heteroatoms. The molecule has 2 aromatic carbocycles. The van der Waals surface area contributed by atoms with Crippen LogP contribution in [0.15, 0.2) is 48.7 Å². The minimum absolute atomic E-state index is 0.176. The maximum atomic E-state index is 13.4. The molecule has 2 N–H and O–H groups in total. The summed E-state index contributed by atoms with van der Waals surface area (Å²) in [6, 6.07) is 9.17. The number of fused-ring (bicyclic) bond motifs is 3. The van der Waals surface area contributed by atoms with E-state index in [2.05, 4.69) is 10.6 Å². The van der Waals surface area contributed by atoms with Gasteiger partial charge in [0.15, 0.2) is 4.96 Å². The number of aromatic nitrogens is 2. The summed E-state index contributed by atoms with van der Waals surface area (Å²) in [4.78, 5) is 44.4. The van der Waals surface area contributed by atoms with Gasteiger partial charge in [-0.05, 0) is 62.4 Å². The zero-order valence-electron chi connectivity index (χ0n) is 22.7. The summed E-state index contributed by atoms with van der Waals surface area (Å²) in [7, 11) is 0. The minimum atomic E-state index is -0.872. The molecule has 5 rings (SSSR count). The van der Waals surface area contributed by atoms with Crippen LogP contribution in [0.2, 0.25) is 0 Å². The van der Waals surface area contributed by atoms with Gasteiger partial charge in [0.2, 0.25) is 11.8 Å². The predicted molar refractivity (Wildman–Crippen MR) is 152 cm³/mol. The fourth-order valence-corrected chi connectivity index (χ4v) is 6.16. The van der Waals surface area contributed by atoms with Crippen LogP contribution in [-0.2, 0) is 32.0 Å². The Bertz CT molecular complexity index is 1580. The molecule has 2 heterocycles. The second-order valence-corrected chi connectivity index (χ2v) is 11.2. The van der Waals surface area contributed by atoms with E-state index in [0.29, 0.717) is 12.3 Å². The lowest BCUT2D eigenvalue weighted by atomic mass is 9.91. The van der Waals surface area contributed by atoms with Gasteiger partial charge in [-0.2, -0.15) is 0 Å².